The third kappa shape index (κ3) is 4.64. The average molecular weight is 518 g/mol. The molecule has 0 radical (unpaired) electrons. The molecule has 1 spiro atoms. The summed E-state index contributed by atoms with van der Waals surface area (Å²) < 4.78 is -0.803. The summed E-state index contributed by atoms with van der Waals surface area (Å²) in [5, 5.41) is 10.3. The van der Waals surface area contributed by atoms with Crippen LogP contribution in [0.1, 0.15) is 59.8 Å². The van der Waals surface area contributed by atoms with Gasteiger partial charge >= 0.3 is 0 Å². The third-order valence-electron chi connectivity index (χ3n) is 8.14. The zero-order valence-electron chi connectivity index (χ0n) is 22.3. The molecule has 0 aromatic rings. The van der Waals surface area contributed by atoms with Gasteiger partial charge in [0.2, 0.25) is 17.7 Å². The zero-order chi connectivity index (χ0) is 26.0. The molecule has 2 saturated heterocycles. The fraction of sp³-hybridized carbons (Fsp3) is 0.750. The Hall–Kier alpha value is -1.80. The number of rotatable bonds is 10. The highest BCUT2D eigenvalue weighted by Crippen LogP contribution is 2.61. The fourth-order valence-electron chi connectivity index (χ4n) is 6.61. The zero-order valence-corrected chi connectivity index (χ0v) is 23.1. The molecule has 4 aliphatic heterocycles. The molecule has 7 nitrogen and oxygen atoms in total. The first kappa shape index (κ1) is 27.2. The average Bonchev–Trinajstić information content (AvgIpc) is 3.17. The second kappa shape index (κ2) is 11.3. The first-order valence-corrected chi connectivity index (χ1v) is 14.7. The second-order valence-electron chi connectivity index (χ2n) is 11.2. The molecule has 0 aromatic carbocycles. The lowest BCUT2D eigenvalue weighted by Crippen LogP contribution is -2.56. The number of nitrogens with zero attached hydrogens (tertiary/aromatic N) is 3. The summed E-state index contributed by atoms with van der Waals surface area (Å²) in [4.78, 5) is 47.8. The van der Waals surface area contributed by atoms with Crippen LogP contribution in [0.2, 0.25) is 0 Å². The van der Waals surface area contributed by atoms with Gasteiger partial charge in [0.1, 0.15) is 6.04 Å². The monoisotopic (exact) mass is 517 g/mol. The van der Waals surface area contributed by atoms with Crippen LogP contribution in [-0.2, 0) is 14.4 Å². The SMILES string of the molecule is CCCCCN1CC=C[C@]23S[C@H]4C=CCN(CCC)C(=O)[C@H]4[C@H]2C(=O)N([C@@H](CO)CC(C)C)C3C1=O. The van der Waals surface area contributed by atoms with Crippen molar-refractivity contribution in [1.82, 2.24) is 14.7 Å². The Morgan fingerprint density at radius 3 is 2.39 bits per heavy atom. The molecule has 1 N–H and O–H groups in total. The van der Waals surface area contributed by atoms with E-state index in [0.717, 1.165) is 25.7 Å². The number of amides is 3. The van der Waals surface area contributed by atoms with Crippen LogP contribution in [0.3, 0.4) is 0 Å². The van der Waals surface area contributed by atoms with E-state index in [1.807, 2.05) is 15.9 Å². The first-order chi connectivity index (χ1) is 17.3. The van der Waals surface area contributed by atoms with E-state index in [0.29, 0.717) is 32.6 Å². The predicted octanol–water partition coefficient (Wildman–Crippen LogP) is 3.09. The molecule has 0 bridgehead atoms. The Bertz CT molecular complexity index is 905. The molecule has 4 aliphatic rings. The van der Waals surface area contributed by atoms with Crippen LogP contribution >= 0.6 is 11.8 Å². The van der Waals surface area contributed by atoms with E-state index in [2.05, 4.69) is 45.9 Å². The number of likely N-dealkylation sites (tertiary alicyclic amines) is 1. The third-order valence-corrected chi connectivity index (χ3v) is 9.88. The van der Waals surface area contributed by atoms with Gasteiger partial charge in [-0.15, -0.1) is 11.8 Å². The normalized spacial score (nSPS) is 32.6. The van der Waals surface area contributed by atoms with E-state index >= 15 is 0 Å². The highest BCUT2D eigenvalue weighted by Gasteiger charge is 2.71. The highest BCUT2D eigenvalue weighted by molar-refractivity contribution is 8.02. The topological polar surface area (TPSA) is 81.2 Å². The molecule has 8 heteroatoms. The lowest BCUT2D eigenvalue weighted by Gasteiger charge is -2.39. The van der Waals surface area contributed by atoms with Crippen LogP contribution in [-0.4, -0.2) is 92.4 Å². The summed E-state index contributed by atoms with van der Waals surface area (Å²) in [6.07, 6.45) is 12.8. The molecule has 0 aliphatic carbocycles. The number of thioether (sulfide) groups is 1. The largest absolute Gasteiger partial charge is 0.394 e. The van der Waals surface area contributed by atoms with Crippen molar-refractivity contribution >= 4 is 29.5 Å². The standard InChI is InChI=1S/C28H43N3O4S/c1-5-7-8-14-30-16-10-12-28-23(22-21(36-28)11-9-15-29(13-6-2)25(22)33)26(34)31(24(28)27(30)35)20(18-32)17-19(3)4/h9-12,19-24,32H,5-8,13-18H2,1-4H3/t20-,21+,22-,23+,24?,28+/m1/s1. The van der Waals surface area contributed by atoms with Crippen molar-refractivity contribution in [3.05, 3.63) is 24.3 Å². The number of carbonyl (C=O) groups is 3. The Balaban J connectivity index is 1.79. The summed E-state index contributed by atoms with van der Waals surface area (Å²) >= 11 is 1.62. The van der Waals surface area contributed by atoms with Crippen molar-refractivity contribution in [2.45, 2.75) is 81.9 Å². The van der Waals surface area contributed by atoms with Crippen LogP contribution in [0.4, 0.5) is 0 Å². The molecule has 36 heavy (non-hydrogen) atoms. The van der Waals surface area contributed by atoms with Crippen molar-refractivity contribution in [1.29, 1.82) is 0 Å². The van der Waals surface area contributed by atoms with Gasteiger partial charge in [-0.25, -0.2) is 0 Å². The minimum Gasteiger partial charge on any atom is -0.394 e. The van der Waals surface area contributed by atoms with Crippen LogP contribution in [0.15, 0.2) is 24.3 Å². The fourth-order valence-corrected chi connectivity index (χ4v) is 8.61. The highest BCUT2D eigenvalue weighted by atomic mass is 32.2. The molecule has 3 amide bonds. The lowest BCUT2D eigenvalue weighted by molar-refractivity contribution is -0.147. The van der Waals surface area contributed by atoms with Crippen molar-refractivity contribution in [2.75, 3.05) is 32.8 Å². The number of hydrogen-bond donors (Lipinski definition) is 1. The van der Waals surface area contributed by atoms with Gasteiger partial charge in [0.05, 0.1) is 29.2 Å². The number of aliphatic hydroxyl groups is 1. The van der Waals surface area contributed by atoms with Crippen molar-refractivity contribution in [3.63, 3.8) is 0 Å². The molecule has 6 atom stereocenters. The van der Waals surface area contributed by atoms with E-state index in [1.54, 1.807) is 16.7 Å². The van der Waals surface area contributed by atoms with Crippen molar-refractivity contribution < 1.29 is 19.5 Å². The van der Waals surface area contributed by atoms with Crippen LogP contribution in [0, 0.1) is 17.8 Å². The van der Waals surface area contributed by atoms with Gasteiger partial charge in [-0.2, -0.15) is 0 Å². The van der Waals surface area contributed by atoms with E-state index in [4.69, 9.17) is 0 Å². The Morgan fingerprint density at radius 1 is 1.00 bits per heavy atom. The lowest BCUT2D eigenvalue weighted by atomic mass is 9.78. The maximum atomic E-state index is 14.3. The first-order valence-electron chi connectivity index (χ1n) is 13.8. The van der Waals surface area contributed by atoms with E-state index < -0.39 is 28.7 Å². The second-order valence-corrected chi connectivity index (χ2v) is 12.6. The molecule has 2 fully saturated rings. The summed E-state index contributed by atoms with van der Waals surface area (Å²) in [5.74, 6) is -1.02. The van der Waals surface area contributed by atoms with Gasteiger partial charge in [-0.3, -0.25) is 14.4 Å². The molecule has 200 valence electrons. The number of hydrogen-bond acceptors (Lipinski definition) is 5. The summed E-state index contributed by atoms with van der Waals surface area (Å²) in [6, 6.07) is -1.15. The van der Waals surface area contributed by atoms with E-state index in [-0.39, 0.29) is 35.5 Å². The number of carbonyl (C=O) groups excluding carboxylic acids is 3. The Labute approximate surface area is 220 Å². The molecule has 4 rings (SSSR count). The number of unbranched alkanes of at least 4 members (excludes halogenated alkanes) is 2. The molecular formula is C28H43N3O4S. The van der Waals surface area contributed by atoms with Gasteiger partial charge in [0, 0.05) is 31.4 Å². The maximum absolute atomic E-state index is 14.3. The summed E-state index contributed by atoms with van der Waals surface area (Å²) in [5.41, 5.74) is 0. The van der Waals surface area contributed by atoms with E-state index in [9.17, 15) is 19.5 Å². The van der Waals surface area contributed by atoms with Crippen molar-refractivity contribution in [3.8, 4) is 0 Å². The quantitative estimate of drug-likeness (QED) is 0.356. The van der Waals surface area contributed by atoms with Gasteiger partial charge in [-0.1, -0.05) is 64.8 Å². The van der Waals surface area contributed by atoms with Gasteiger partial charge in [0.25, 0.3) is 0 Å². The maximum Gasteiger partial charge on any atom is 0.247 e. The van der Waals surface area contributed by atoms with Gasteiger partial charge in [0.15, 0.2) is 0 Å². The summed E-state index contributed by atoms with van der Waals surface area (Å²) in [7, 11) is 0. The van der Waals surface area contributed by atoms with Crippen LogP contribution in [0.25, 0.3) is 0 Å². The molecule has 1 unspecified atom stereocenters. The van der Waals surface area contributed by atoms with Gasteiger partial charge < -0.3 is 19.8 Å². The smallest absolute Gasteiger partial charge is 0.247 e. The van der Waals surface area contributed by atoms with Crippen LogP contribution < -0.4 is 0 Å². The number of fused-ring (bicyclic) bond motifs is 2. The predicted molar refractivity (Wildman–Crippen MR) is 143 cm³/mol. The van der Waals surface area contributed by atoms with Crippen LogP contribution in [0.5, 0.6) is 0 Å². The molecule has 4 heterocycles. The minimum atomic E-state index is -0.803. The minimum absolute atomic E-state index is 0.0180. The van der Waals surface area contributed by atoms with E-state index in [1.165, 1.54) is 0 Å². The van der Waals surface area contributed by atoms with Gasteiger partial charge in [-0.05, 0) is 25.2 Å². The Morgan fingerprint density at radius 2 is 1.72 bits per heavy atom. The number of aliphatic hydroxyl groups excluding tert-OH is 1. The summed E-state index contributed by atoms with van der Waals surface area (Å²) in [6.45, 7) is 10.5. The van der Waals surface area contributed by atoms with Crippen molar-refractivity contribution in [2.24, 2.45) is 17.8 Å². The molecule has 0 saturated carbocycles. The Kier molecular flexibility index (Phi) is 8.55. The molecular weight excluding hydrogens is 474 g/mol. The molecule has 0 aromatic heterocycles.